The van der Waals surface area contributed by atoms with Crippen LogP contribution >= 0.6 is 11.6 Å². The Morgan fingerprint density at radius 1 is 1.15 bits per heavy atom. The second-order valence-electron chi connectivity index (χ2n) is 7.20. The van der Waals surface area contributed by atoms with E-state index in [1.165, 1.54) is 25.4 Å². The Morgan fingerprint density at radius 3 is 2.58 bits per heavy atom. The molecule has 1 unspecified atom stereocenters. The molecule has 11 heteroatoms. The van der Waals surface area contributed by atoms with E-state index in [0.29, 0.717) is 23.6 Å². The summed E-state index contributed by atoms with van der Waals surface area (Å²) in [5.41, 5.74) is -0.312. The van der Waals surface area contributed by atoms with Gasteiger partial charge in [-0.2, -0.15) is 13.2 Å². The maximum atomic E-state index is 13.0. The predicted octanol–water partition coefficient (Wildman–Crippen LogP) is 5.12. The normalized spacial score (nSPS) is 15.8. The first kappa shape index (κ1) is 24.1. The number of benzene rings is 1. The van der Waals surface area contributed by atoms with Gasteiger partial charge in [0.25, 0.3) is 5.91 Å². The van der Waals surface area contributed by atoms with Crippen LogP contribution < -0.4 is 20.7 Å². The number of urea groups is 1. The fourth-order valence-corrected chi connectivity index (χ4v) is 3.29. The molecule has 1 aromatic heterocycles. The first-order valence-electron chi connectivity index (χ1n) is 9.78. The third-order valence-electron chi connectivity index (χ3n) is 4.69. The third-order valence-corrected chi connectivity index (χ3v) is 5.02. The van der Waals surface area contributed by atoms with E-state index in [-0.39, 0.29) is 23.2 Å². The molecule has 1 heterocycles. The lowest BCUT2D eigenvalue weighted by Crippen LogP contribution is -2.30. The lowest BCUT2D eigenvalue weighted by molar-refractivity contribution is -0.137. The van der Waals surface area contributed by atoms with Crippen molar-refractivity contribution in [3.8, 4) is 5.75 Å². The standard InChI is InChI=1S/C22H20ClF3N4O3/c1-12-9-13(4-6-19(12)33-15-7-8-28-18(11-15)20(31)27-2)29-21(32)30-14-3-5-17(23)16(10-14)22(24,25)26/h3-8,10-12H,9H2,1-2H3,(H,27,31)(H2,29,30,32). The summed E-state index contributed by atoms with van der Waals surface area (Å²) in [6, 6.07) is 5.57. The molecule has 1 aliphatic carbocycles. The second-order valence-corrected chi connectivity index (χ2v) is 7.60. The monoisotopic (exact) mass is 480 g/mol. The minimum Gasteiger partial charge on any atom is -0.461 e. The van der Waals surface area contributed by atoms with Crippen molar-refractivity contribution in [3.05, 3.63) is 76.4 Å². The van der Waals surface area contributed by atoms with Crippen LogP contribution in [0.1, 0.15) is 29.4 Å². The number of ether oxygens (including phenoxy) is 1. The summed E-state index contributed by atoms with van der Waals surface area (Å²) in [5.74, 6) is 0.593. The van der Waals surface area contributed by atoms with Crippen molar-refractivity contribution in [2.45, 2.75) is 19.5 Å². The largest absolute Gasteiger partial charge is 0.461 e. The summed E-state index contributed by atoms with van der Waals surface area (Å²) in [7, 11) is 1.50. The SMILES string of the molecule is CNC(=O)c1cc(OC2=CC=C(NC(=O)Nc3ccc(Cl)c(C(F)(F)F)c3)CC2C)ccn1. The molecule has 1 aliphatic rings. The summed E-state index contributed by atoms with van der Waals surface area (Å²) >= 11 is 5.59. The molecule has 33 heavy (non-hydrogen) atoms. The number of pyridine rings is 1. The first-order chi connectivity index (χ1) is 15.6. The average Bonchev–Trinajstić information content (AvgIpc) is 2.76. The van der Waals surface area contributed by atoms with Crippen LogP contribution in [0.4, 0.5) is 23.7 Å². The summed E-state index contributed by atoms with van der Waals surface area (Å²) in [4.78, 5) is 28.0. The Balaban J connectivity index is 1.65. The van der Waals surface area contributed by atoms with Gasteiger partial charge in [0.2, 0.25) is 0 Å². The number of hydrogen-bond acceptors (Lipinski definition) is 4. The van der Waals surface area contributed by atoms with Gasteiger partial charge in [0.15, 0.2) is 0 Å². The number of alkyl halides is 3. The number of nitrogens with one attached hydrogen (secondary N) is 3. The molecule has 0 bridgehead atoms. The molecule has 0 aliphatic heterocycles. The summed E-state index contributed by atoms with van der Waals surface area (Å²) in [6.07, 6.45) is 0.555. The fraction of sp³-hybridized carbons (Fsp3) is 0.227. The van der Waals surface area contributed by atoms with Gasteiger partial charge in [-0.3, -0.25) is 9.78 Å². The van der Waals surface area contributed by atoms with Crippen LogP contribution in [0.3, 0.4) is 0 Å². The molecule has 0 fully saturated rings. The van der Waals surface area contributed by atoms with Gasteiger partial charge in [-0.1, -0.05) is 18.5 Å². The number of aromatic nitrogens is 1. The van der Waals surface area contributed by atoms with Crippen molar-refractivity contribution < 1.29 is 27.5 Å². The van der Waals surface area contributed by atoms with Gasteiger partial charge in [0.1, 0.15) is 17.2 Å². The number of anilines is 1. The maximum Gasteiger partial charge on any atom is 0.417 e. The molecule has 1 atom stereocenters. The van der Waals surface area contributed by atoms with E-state index in [4.69, 9.17) is 16.3 Å². The number of nitrogens with zero attached hydrogens (tertiary/aromatic N) is 1. The number of carbonyl (C=O) groups is 2. The molecule has 174 valence electrons. The molecular formula is C22H20ClF3N4O3. The van der Waals surface area contributed by atoms with Crippen LogP contribution in [-0.4, -0.2) is 24.0 Å². The Hall–Kier alpha value is -3.53. The van der Waals surface area contributed by atoms with E-state index >= 15 is 0 Å². The first-order valence-corrected chi connectivity index (χ1v) is 10.2. The molecule has 0 saturated carbocycles. The second kappa shape index (κ2) is 9.95. The Morgan fingerprint density at radius 2 is 1.91 bits per heavy atom. The zero-order valence-corrected chi connectivity index (χ0v) is 18.3. The van der Waals surface area contributed by atoms with Crippen molar-refractivity contribution in [1.82, 2.24) is 15.6 Å². The topological polar surface area (TPSA) is 92.4 Å². The lowest BCUT2D eigenvalue weighted by Gasteiger charge is -2.22. The van der Waals surface area contributed by atoms with Gasteiger partial charge in [0.05, 0.1) is 10.6 Å². The number of allylic oxidation sites excluding steroid dienone is 4. The zero-order valence-electron chi connectivity index (χ0n) is 17.6. The van der Waals surface area contributed by atoms with E-state index < -0.39 is 22.8 Å². The summed E-state index contributed by atoms with van der Waals surface area (Å²) < 4.78 is 44.8. The Labute approximate surface area is 192 Å². The van der Waals surface area contributed by atoms with Gasteiger partial charge >= 0.3 is 12.2 Å². The van der Waals surface area contributed by atoms with Crippen molar-refractivity contribution in [3.63, 3.8) is 0 Å². The van der Waals surface area contributed by atoms with E-state index in [9.17, 15) is 22.8 Å². The highest BCUT2D eigenvalue weighted by Gasteiger charge is 2.33. The number of hydrogen-bond donors (Lipinski definition) is 3. The number of carbonyl (C=O) groups excluding carboxylic acids is 2. The molecule has 7 nitrogen and oxygen atoms in total. The fourth-order valence-electron chi connectivity index (χ4n) is 3.06. The van der Waals surface area contributed by atoms with Gasteiger partial charge < -0.3 is 20.7 Å². The molecule has 0 radical (unpaired) electrons. The quantitative estimate of drug-likeness (QED) is 0.553. The van der Waals surface area contributed by atoms with Crippen LogP contribution in [0.25, 0.3) is 0 Å². The molecule has 3 rings (SSSR count). The van der Waals surface area contributed by atoms with Crippen LogP contribution in [-0.2, 0) is 6.18 Å². The van der Waals surface area contributed by atoms with E-state index in [1.807, 2.05) is 6.92 Å². The lowest BCUT2D eigenvalue weighted by atomic mass is 9.98. The molecule has 3 N–H and O–H groups in total. The highest BCUT2D eigenvalue weighted by molar-refractivity contribution is 6.31. The Bertz CT molecular complexity index is 1130. The van der Waals surface area contributed by atoms with E-state index in [0.717, 1.165) is 12.1 Å². The van der Waals surface area contributed by atoms with Crippen molar-refractivity contribution in [2.75, 3.05) is 12.4 Å². The molecule has 2 aromatic rings. The smallest absolute Gasteiger partial charge is 0.417 e. The number of halogens is 4. The van der Waals surface area contributed by atoms with Crippen LogP contribution in [0, 0.1) is 5.92 Å². The van der Waals surface area contributed by atoms with Crippen LogP contribution in [0.15, 0.2) is 60.1 Å². The van der Waals surface area contributed by atoms with Crippen LogP contribution in [0.5, 0.6) is 5.75 Å². The summed E-state index contributed by atoms with van der Waals surface area (Å²) in [5, 5.41) is 7.02. The highest BCUT2D eigenvalue weighted by atomic mass is 35.5. The van der Waals surface area contributed by atoms with Crippen molar-refractivity contribution in [2.24, 2.45) is 5.92 Å². The zero-order chi connectivity index (χ0) is 24.2. The Kier molecular flexibility index (Phi) is 7.27. The molecular weight excluding hydrogens is 461 g/mol. The van der Waals surface area contributed by atoms with E-state index in [1.54, 1.807) is 18.2 Å². The van der Waals surface area contributed by atoms with Gasteiger partial charge in [-0.25, -0.2) is 4.79 Å². The third kappa shape index (κ3) is 6.26. The van der Waals surface area contributed by atoms with Crippen LogP contribution in [0.2, 0.25) is 5.02 Å². The maximum absolute atomic E-state index is 13.0. The number of amides is 3. The molecule has 0 saturated heterocycles. The minimum absolute atomic E-state index is 0.0437. The number of rotatable bonds is 5. The summed E-state index contributed by atoms with van der Waals surface area (Å²) in [6.45, 7) is 1.88. The van der Waals surface area contributed by atoms with Gasteiger partial charge in [0, 0.05) is 36.6 Å². The van der Waals surface area contributed by atoms with Gasteiger partial charge in [-0.15, -0.1) is 0 Å². The molecule has 3 amide bonds. The average molecular weight is 481 g/mol. The van der Waals surface area contributed by atoms with Crippen molar-refractivity contribution in [1.29, 1.82) is 0 Å². The van der Waals surface area contributed by atoms with Crippen molar-refractivity contribution >= 4 is 29.2 Å². The molecule has 1 aromatic carbocycles. The van der Waals surface area contributed by atoms with Gasteiger partial charge in [-0.05, 0) is 42.8 Å². The van der Waals surface area contributed by atoms with E-state index in [2.05, 4.69) is 20.9 Å². The predicted molar refractivity (Wildman–Crippen MR) is 117 cm³/mol. The highest BCUT2D eigenvalue weighted by Crippen LogP contribution is 2.36. The molecule has 0 spiro atoms. The minimum atomic E-state index is -4.64.